The third-order valence-electron chi connectivity index (χ3n) is 3.99. The van der Waals surface area contributed by atoms with Gasteiger partial charge in [0.1, 0.15) is 11.6 Å². The molecular weight excluding hydrogens is 304 g/mol. The first kappa shape index (κ1) is 16.4. The predicted octanol–water partition coefficient (Wildman–Crippen LogP) is 2.18. The van der Waals surface area contributed by atoms with Crippen LogP contribution in [0.4, 0.5) is 17.6 Å². The zero-order chi connectivity index (χ0) is 16.8. The molecule has 1 saturated heterocycles. The average Bonchev–Trinajstić information content (AvgIpc) is 3.10. The minimum atomic E-state index is 0.309. The van der Waals surface area contributed by atoms with Crippen LogP contribution in [0.2, 0.25) is 0 Å². The van der Waals surface area contributed by atoms with Crippen molar-refractivity contribution >= 4 is 17.6 Å². The average molecular weight is 328 g/mol. The van der Waals surface area contributed by atoms with Gasteiger partial charge in [0.2, 0.25) is 5.95 Å². The lowest BCUT2D eigenvalue weighted by Gasteiger charge is -2.11. The molecule has 0 saturated carbocycles. The highest BCUT2D eigenvalue weighted by Crippen LogP contribution is 2.25. The molecular formula is C17H24N6O. The van der Waals surface area contributed by atoms with E-state index in [1.54, 1.807) is 0 Å². The molecule has 1 aliphatic heterocycles. The maximum absolute atomic E-state index is 5.82. The molecule has 128 valence electrons. The molecule has 1 aliphatic rings. The smallest absolute Gasteiger partial charge is 0.222 e. The Kier molecular flexibility index (Phi) is 5.43. The number of ether oxygens (including phenoxy) is 1. The van der Waals surface area contributed by atoms with Crippen molar-refractivity contribution in [2.75, 3.05) is 42.7 Å². The third-order valence-corrected chi connectivity index (χ3v) is 3.99. The third kappa shape index (κ3) is 4.55. The summed E-state index contributed by atoms with van der Waals surface area (Å²) in [6.45, 7) is 5.17. The number of hydrogen-bond donors (Lipinski definition) is 3. The molecule has 1 atom stereocenters. The molecule has 3 rings (SSSR count). The molecule has 0 amide bonds. The minimum Gasteiger partial charge on any atom is -0.381 e. The van der Waals surface area contributed by atoms with Gasteiger partial charge in [0.25, 0.3) is 0 Å². The van der Waals surface area contributed by atoms with E-state index in [0.29, 0.717) is 18.5 Å². The van der Waals surface area contributed by atoms with Gasteiger partial charge in [-0.1, -0.05) is 6.07 Å². The van der Waals surface area contributed by atoms with Gasteiger partial charge < -0.3 is 21.1 Å². The number of aromatic nitrogens is 3. The number of aryl methyl sites for hydroxylation is 1. The largest absolute Gasteiger partial charge is 0.381 e. The van der Waals surface area contributed by atoms with Crippen molar-refractivity contribution < 1.29 is 4.74 Å². The van der Waals surface area contributed by atoms with Crippen molar-refractivity contribution in [3.05, 3.63) is 35.7 Å². The zero-order valence-corrected chi connectivity index (χ0v) is 14.0. The van der Waals surface area contributed by atoms with Gasteiger partial charge in [-0.2, -0.15) is 4.98 Å². The Morgan fingerprint density at radius 3 is 2.75 bits per heavy atom. The fourth-order valence-electron chi connectivity index (χ4n) is 2.65. The molecule has 3 heterocycles. The van der Waals surface area contributed by atoms with Gasteiger partial charge in [0.15, 0.2) is 0 Å². The van der Waals surface area contributed by atoms with Crippen LogP contribution >= 0.6 is 0 Å². The summed E-state index contributed by atoms with van der Waals surface area (Å²) < 4.78 is 5.42. The lowest BCUT2D eigenvalue weighted by atomic mass is 10.0. The number of pyridine rings is 1. The molecule has 1 unspecified atom stereocenters. The SMILES string of the molecule is Cc1ccc(NCCCNc2cc(C3CCOC3)nc(N)n2)nc1. The lowest BCUT2D eigenvalue weighted by molar-refractivity contribution is 0.193. The molecule has 0 aromatic carbocycles. The van der Waals surface area contributed by atoms with Crippen molar-refractivity contribution in [1.29, 1.82) is 0 Å². The molecule has 4 N–H and O–H groups in total. The number of nitrogen functional groups attached to an aromatic ring is 1. The summed E-state index contributed by atoms with van der Waals surface area (Å²) in [7, 11) is 0. The lowest BCUT2D eigenvalue weighted by Crippen LogP contribution is -2.12. The first-order valence-corrected chi connectivity index (χ1v) is 8.33. The highest BCUT2D eigenvalue weighted by Gasteiger charge is 2.20. The molecule has 24 heavy (non-hydrogen) atoms. The maximum atomic E-state index is 5.82. The van der Waals surface area contributed by atoms with Crippen molar-refractivity contribution in [3.63, 3.8) is 0 Å². The van der Waals surface area contributed by atoms with Gasteiger partial charge in [0, 0.05) is 37.9 Å². The molecule has 2 aromatic heterocycles. The highest BCUT2D eigenvalue weighted by atomic mass is 16.5. The van der Waals surface area contributed by atoms with E-state index in [9.17, 15) is 0 Å². The number of nitrogens with one attached hydrogen (secondary N) is 2. The first-order valence-electron chi connectivity index (χ1n) is 8.33. The van der Waals surface area contributed by atoms with Crippen LogP contribution in [-0.2, 0) is 4.74 Å². The maximum Gasteiger partial charge on any atom is 0.222 e. The van der Waals surface area contributed by atoms with E-state index in [4.69, 9.17) is 10.5 Å². The van der Waals surface area contributed by atoms with Crippen LogP contribution in [0.15, 0.2) is 24.4 Å². The molecule has 2 aromatic rings. The van der Waals surface area contributed by atoms with Gasteiger partial charge in [0.05, 0.1) is 12.3 Å². The van der Waals surface area contributed by atoms with Crippen LogP contribution in [0.1, 0.15) is 30.0 Å². The Hall–Kier alpha value is -2.41. The second-order valence-corrected chi connectivity index (χ2v) is 6.02. The predicted molar refractivity (Wildman–Crippen MR) is 95.2 cm³/mol. The highest BCUT2D eigenvalue weighted by molar-refractivity contribution is 5.41. The Labute approximate surface area is 142 Å². The summed E-state index contributed by atoms with van der Waals surface area (Å²) >= 11 is 0. The van der Waals surface area contributed by atoms with Gasteiger partial charge in [-0.05, 0) is 31.4 Å². The number of hydrogen-bond acceptors (Lipinski definition) is 7. The van der Waals surface area contributed by atoms with E-state index in [0.717, 1.165) is 55.4 Å². The monoisotopic (exact) mass is 328 g/mol. The fraction of sp³-hybridized carbons (Fsp3) is 0.471. The number of nitrogens with zero attached hydrogens (tertiary/aromatic N) is 3. The van der Waals surface area contributed by atoms with E-state index in [1.807, 2.05) is 31.3 Å². The fourth-order valence-corrected chi connectivity index (χ4v) is 2.65. The van der Waals surface area contributed by atoms with Gasteiger partial charge in [-0.3, -0.25) is 0 Å². The van der Waals surface area contributed by atoms with Crippen molar-refractivity contribution in [3.8, 4) is 0 Å². The van der Waals surface area contributed by atoms with E-state index in [1.165, 1.54) is 0 Å². The van der Waals surface area contributed by atoms with E-state index >= 15 is 0 Å². The molecule has 0 spiro atoms. The Morgan fingerprint density at radius 2 is 2.04 bits per heavy atom. The van der Waals surface area contributed by atoms with E-state index < -0.39 is 0 Å². The van der Waals surface area contributed by atoms with Gasteiger partial charge in [-0.25, -0.2) is 9.97 Å². The summed E-state index contributed by atoms with van der Waals surface area (Å²) in [5.74, 6) is 2.31. The quantitative estimate of drug-likeness (QED) is 0.670. The zero-order valence-electron chi connectivity index (χ0n) is 14.0. The number of anilines is 3. The molecule has 7 heteroatoms. The van der Waals surface area contributed by atoms with Crippen LogP contribution < -0.4 is 16.4 Å². The van der Waals surface area contributed by atoms with Crippen molar-refractivity contribution in [2.45, 2.75) is 25.7 Å². The summed E-state index contributed by atoms with van der Waals surface area (Å²) in [4.78, 5) is 12.9. The Balaban J connectivity index is 1.45. The topological polar surface area (TPSA) is 98.0 Å². The van der Waals surface area contributed by atoms with Crippen molar-refractivity contribution in [1.82, 2.24) is 15.0 Å². The van der Waals surface area contributed by atoms with Gasteiger partial charge in [-0.15, -0.1) is 0 Å². The molecule has 7 nitrogen and oxygen atoms in total. The van der Waals surface area contributed by atoms with Gasteiger partial charge >= 0.3 is 0 Å². The second-order valence-electron chi connectivity index (χ2n) is 6.02. The number of rotatable bonds is 7. The van der Waals surface area contributed by atoms with Crippen LogP contribution in [0, 0.1) is 6.92 Å². The summed E-state index contributed by atoms with van der Waals surface area (Å²) in [6, 6.07) is 6.01. The minimum absolute atomic E-state index is 0.309. The van der Waals surface area contributed by atoms with Crippen LogP contribution in [-0.4, -0.2) is 41.3 Å². The normalized spacial score (nSPS) is 17.0. The molecule has 0 bridgehead atoms. The van der Waals surface area contributed by atoms with Crippen LogP contribution in [0.25, 0.3) is 0 Å². The standard InChI is InChI=1S/C17H24N6O/c1-12-3-4-15(21-10-12)19-6-2-7-20-16-9-14(22-17(18)23-16)13-5-8-24-11-13/h3-4,9-10,13H,2,5-8,11H2,1H3,(H,19,21)(H3,18,20,22,23). The Bertz CT molecular complexity index is 655. The Morgan fingerprint density at radius 1 is 1.21 bits per heavy atom. The summed E-state index contributed by atoms with van der Waals surface area (Å²) in [6.07, 6.45) is 3.79. The van der Waals surface area contributed by atoms with E-state index in [2.05, 4.69) is 25.6 Å². The molecule has 1 fully saturated rings. The number of nitrogens with two attached hydrogens (primary N) is 1. The summed E-state index contributed by atoms with van der Waals surface area (Å²) in [5.41, 5.74) is 7.94. The molecule has 0 radical (unpaired) electrons. The van der Waals surface area contributed by atoms with Crippen molar-refractivity contribution in [2.24, 2.45) is 0 Å². The first-order chi connectivity index (χ1) is 11.7. The van der Waals surface area contributed by atoms with Crippen LogP contribution in [0.3, 0.4) is 0 Å². The molecule has 0 aliphatic carbocycles. The van der Waals surface area contributed by atoms with E-state index in [-0.39, 0.29) is 0 Å². The second kappa shape index (κ2) is 7.92. The van der Waals surface area contributed by atoms with Crippen LogP contribution in [0.5, 0.6) is 0 Å². The summed E-state index contributed by atoms with van der Waals surface area (Å²) in [5, 5.41) is 6.61.